The summed E-state index contributed by atoms with van der Waals surface area (Å²) >= 11 is 0. The molecule has 21 heavy (non-hydrogen) atoms. The van der Waals surface area contributed by atoms with Gasteiger partial charge in [0.2, 0.25) is 5.91 Å². The lowest BCUT2D eigenvalue weighted by Crippen LogP contribution is -2.41. The molecule has 1 amide bonds. The number of halogens is 3. The summed E-state index contributed by atoms with van der Waals surface area (Å²) in [6.45, 7) is 3.76. The predicted molar refractivity (Wildman–Crippen MR) is 77.4 cm³/mol. The quantitative estimate of drug-likeness (QED) is 0.891. The van der Waals surface area contributed by atoms with Gasteiger partial charge in [0.1, 0.15) is 0 Å². The number of hydrogen-bond acceptors (Lipinski definition) is 3. The third-order valence-corrected chi connectivity index (χ3v) is 3.24. The molecule has 1 heterocycles. The van der Waals surface area contributed by atoms with Gasteiger partial charge in [0.05, 0.1) is 25.2 Å². The molecule has 1 aromatic carbocycles. The Hall–Kier alpha value is -1.24. The molecular weight excluding hydrogens is 302 g/mol. The van der Waals surface area contributed by atoms with Gasteiger partial charge in [-0.15, -0.1) is 12.4 Å². The second-order valence-electron chi connectivity index (χ2n) is 4.86. The molecule has 0 radical (unpaired) electrons. The zero-order chi connectivity index (χ0) is 14.5. The van der Waals surface area contributed by atoms with Crippen molar-refractivity contribution >= 4 is 18.3 Å². The van der Waals surface area contributed by atoms with Gasteiger partial charge in [-0.25, -0.2) is 8.78 Å². The Morgan fingerprint density at radius 2 is 2.24 bits per heavy atom. The number of benzene rings is 1. The third kappa shape index (κ3) is 5.22. The van der Waals surface area contributed by atoms with Gasteiger partial charge in [0, 0.05) is 13.1 Å². The van der Waals surface area contributed by atoms with Crippen molar-refractivity contribution in [3.63, 3.8) is 0 Å². The largest absolute Gasteiger partial charge is 0.375 e. The van der Waals surface area contributed by atoms with Gasteiger partial charge in [-0.3, -0.25) is 4.79 Å². The molecule has 1 aromatic rings. The first-order valence-electron chi connectivity index (χ1n) is 6.63. The first-order chi connectivity index (χ1) is 9.56. The van der Waals surface area contributed by atoms with Gasteiger partial charge in [-0.05, 0) is 24.6 Å². The predicted octanol–water partition coefficient (Wildman–Crippen LogP) is 1.94. The minimum Gasteiger partial charge on any atom is -0.375 e. The van der Waals surface area contributed by atoms with E-state index in [0.29, 0.717) is 18.7 Å². The van der Waals surface area contributed by atoms with Crippen molar-refractivity contribution in [2.75, 3.05) is 19.7 Å². The van der Waals surface area contributed by atoms with E-state index in [-0.39, 0.29) is 36.9 Å². The topological polar surface area (TPSA) is 50.4 Å². The van der Waals surface area contributed by atoms with E-state index in [1.807, 2.05) is 0 Å². The lowest BCUT2D eigenvalue weighted by atomic mass is 10.1. The minimum absolute atomic E-state index is 0. The van der Waals surface area contributed by atoms with Gasteiger partial charge in [-0.2, -0.15) is 0 Å². The van der Waals surface area contributed by atoms with E-state index in [4.69, 9.17) is 4.74 Å². The molecule has 1 fully saturated rings. The average molecular weight is 321 g/mol. The van der Waals surface area contributed by atoms with Crippen molar-refractivity contribution in [2.24, 2.45) is 0 Å². The van der Waals surface area contributed by atoms with Crippen molar-refractivity contribution < 1.29 is 18.3 Å². The van der Waals surface area contributed by atoms with Crippen LogP contribution < -0.4 is 10.6 Å². The number of amides is 1. The van der Waals surface area contributed by atoms with Crippen LogP contribution in [0.5, 0.6) is 0 Å². The number of carbonyl (C=O) groups excluding carboxylic acids is 1. The third-order valence-electron chi connectivity index (χ3n) is 3.24. The van der Waals surface area contributed by atoms with Gasteiger partial charge in [0.25, 0.3) is 0 Å². The van der Waals surface area contributed by atoms with Gasteiger partial charge >= 0.3 is 0 Å². The number of rotatable bonds is 4. The maximum absolute atomic E-state index is 13.1. The Labute approximate surface area is 128 Å². The molecule has 2 unspecified atom stereocenters. The summed E-state index contributed by atoms with van der Waals surface area (Å²) in [5.41, 5.74) is 0.528. The van der Waals surface area contributed by atoms with E-state index >= 15 is 0 Å². The molecule has 0 bridgehead atoms. The number of morpholine rings is 1. The van der Waals surface area contributed by atoms with Crippen molar-refractivity contribution in [3.05, 3.63) is 35.4 Å². The summed E-state index contributed by atoms with van der Waals surface area (Å²) in [7, 11) is 0. The molecular formula is C14H19ClF2N2O2. The van der Waals surface area contributed by atoms with Crippen molar-refractivity contribution in [1.29, 1.82) is 0 Å². The Balaban J connectivity index is 0.00000220. The second-order valence-corrected chi connectivity index (χ2v) is 4.86. The second kappa shape index (κ2) is 8.26. The number of hydrogen-bond donors (Lipinski definition) is 2. The Bertz CT molecular complexity index is 482. The molecule has 1 aliphatic heterocycles. The average Bonchev–Trinajstić information content (AvgIpc) is 2.42. The molecule has 118 valence electrons. The number of ether oxygens (including phenoxy) is 1. The Morgan fingerprint density at radius 1 is 1.48 bits per heavy atom. The fourth-order valence-electron chi connectivity index (χ4n) is 2.12. The van der Waals surface area contributed by atoms with Gasteiger partial charge in [0.15, 0.2) is 11.6 Å². The van der Waals surface area contributed by atoms with Gasteiger partial charge < -0.3 is 15.4 Å². The van der Waals surface area contributed by atoms with Crippen LogP contribution in [0.3, 0.4) is 0 Å². The van der Waals surface area contributed by atoms with Crippen molar-refractivity contribution in [3.8, 4) is 0 Å². The lowest BCUT2D eigenvalue weighted by Gasteiger charge is -2.24. The number of nitrogens with one attached hydrogen (secondary N) is 2. The molecule has 0 aromatic heterocycles. The molecule has 1 aliphatic rings. The highest BCUT2D eigenvalue weighted by atomic mass is 35.5. The SMILES string of the molecule is CC(NC(=O)CC1CNCCO1)c1ccc(F)c(F)c1.Cl. The van der Waals surface area contributed by atoms with Gasteiger partial charge in [-0.1, -0.05) is 6.07 Å². The molecule has 2 atom stereocenters. The summed E-state index contributed by atoms with van der Waals surface area (Å²) in [6, 6.07) is 3.23. The summed E-state index contributed by atoms with van der Waals surface area (Å²) in [5.74, 6) is -1.98. The maximum atomic E-state index is 13.1. The van der Waals surface area contributed by atoms with E-state index in [0.717, 1.165) is 18.7 Å². The zero-order valence-corrected chi connectivity index (χ0v) is 12.5. The minimum atomic E-state index is -0.914. The normalized spacial score (nSPS) is 19.5. The fraction of sp³-hybridized carbons (Fsp3) is 0.500. The Kier molecular flexibility index (Phi) is 7.01. The van der Waals surface area contributed by atoms with Crippen LogP contribution >= 0.6 is 12.4 Å². The number of carbonyl (C=O) groups is 1. The molecule has 7 heteroatoms. The molecule has 1 saturated heterocycles. The van der Waals surface area contributed by atoms with E-state index in [1.54, 1.807) is 6.92 Å². The van der Waals surface area contributed by atoms with Crippen LogP contribution in [-0.4, -0.2) is 31.7 Å². The highest BCUT2D eigenvalue weighted by Crippen LogP contribution is 2.16. The van der Waals surface area contributed by atoms with Crippen LogP contribution in [0.15, 0.2) is 18.2 Å². The van der Waals surface area contributed by atoms with Crippen LogP contribution in [0.25, 0.3) is 0 Å². The molecule has 2 rings (SSSR count). The van der Waals surface area contributed by atoms with Crippen molar-refractivity contribution in [1.82, 2.24) is 10.6 Å². The van der Waals surface area contributed by atoms with E-state index in [2.05, 4.69) is 10.6 Å². The molecule has 0 aliphatic carbocycles. The summed E-state index contributed by atoms with van der Waals surface area (Å²) in [6.07, 6.45) is 0.113. The van der Waals surface area contributed by atoms with Crippen LogP contribution in [0, 0.1) is 11.6 Å². The van der Waals surface area contributed by atoms with E-state index in [1.165, 1.54) is 6.07 Å². The molecule has 2 N–H and O–H groups in total. The summed E-state index contributed by atoms with van der Waals surface area (Å²) < 4.78 is 31.4. The highest BCUT2D eigenvalue weighted by molar-refractivity contribution is 5.85. The molecule has 4 nitrogen and oxygen atoms in total. The smallest absolute Gasteiger partial charge is 0.223 e. The van der Waals surface area contributed by atoms with Crippen LogP contribution in [-0.2, 0) is 9.53 Å². The zero-order valence-electron chi connectivity index (χ0n) is 11.7. The highest BCUT2D eigenvalue weighted by Gasteiger charge is 2.19. The molecule has 0 spiro atoms. The van der Waals surface area contributed by atoms with E-state index < -0.39 is 11.6 Å². The summed E-state index contributed by atoms with van der Waals surface area (Å²) in [4.78, 5) is 11.9. The maximum Gasteiger partial charge on any atom is 0.223 e. The van der Waals surface area contributed by atoms with Crippen LogP contribution in [0.4, 0.5) is 8.78 Å². The van der Waals surface area contributed by atoms with Crippen molar-refractivity contribution in [2.45, 2.75) is 25.5 Å². The first kappa shape index (κ1) is 17.8. The molecule has 0 saturated carbocycles. The summed E-state index contributed by atoms with van der Waals surface area (Å²) in [5, 5.41) is 5.90. The fourth-order valence-corrected chi connectivity index (χ4v) is 2.12. The monoisotopic (exact) mass is 320 g/mol. The van der Waals surface area contributed by atoms with E-state index in [9.17, 15) is 13.6 Å². The Morgan fingerprint density at radius 3 is 2.86 bits per heavy atom. The van der Waals surface area contributed by atoms with Crippen LogP contribution in [0.1, 0.15) is 24.9 Å². The first-order valence-corrected chi connectivity index (χ1v) is 6.63. The standard InChI is InChI=1S/C14H18F2N2O2.ClH/c1-9(10-2-3-12(15)13(16)6-10)18-14(19)7-11-8-17-4-5-20-11;/h2-3,6,9,11,17H,4-5,7-8H2,1H3,(H,18,19);1H. The van der Waals surface area contributed by atoms with Crippen LogP contribution in [0.2, 0.25) is 0 Å². The lowest BCUT2D eigenvalue weighted by molar-refractivity contribution is -0.125.